The molecule has 12 N–H and O–H groups in total. The monoisotopic (exact) mass is 1350 g/mol. The Balaban J connectivity index is 0.000000199. The Bertz CT molecular complexity index is 3950. The molecule has 29 heteroatoms. The van der Waals surface area contributed by atoms with E-state index in [1.807, 2.05) is 0 Å². The number of carboxylic acids is 1. The molecular formula is C63H65ClF7N11O7S3. The predicted molar refractivity (Wildman–Crippen MR) is 354 cm³/mol. The van der Waals surface area contributed by atoms with Gasteiger partial charge < -0.3 is 38.3 Å². The number of carbonyl (C=O) groups excluding carboxylic acids is 5. The lowest BCUT2D eigenvalue weighted by Gasteiger charge is -2.25. The number of carboxylic acid groups (broad SMARTS) is 1. The number of nitrogens with zero attached hydrogens (tertiary/aromatic N) is 3. The Kier molecular flexibility index (Phi) is 26.6. The number of urea groups is 2. The summed E-state index contributed by atoms with van der Waals surface area (Å²) < 4.78 is 71.4. The van der Waals surface area contributed by atoms with E-state index in [-0.39, 0.29) is 35.4 Å². The summed E-state index contributed by atoms with van der Waals surface area (Å²) >= 11 is 4.38. The lowest BCUT2D eigenvalue weighted by Crippen LogP contribution is -2.30. The van der Waals surface area contributed by atoms with E-state index in [4.69, 9.17) is 40.6 Å². The van der Waals surface area contributed by atoms with Crippen LogP contribution in [0.5, 0.6) is 0 Å². The number of rotatable bonds is 12. The van der Waals surface area contributed by atoms with Crippen molar-refractivity contribution in [1.82, 2.24) is 14.7 Å². The fourth-order valence-electron chi connectivity index (χ4n) is 10.6. The zero-order valence-electron chi connectivity index (χ0n) is 49.7. The molecule has 18 nitrogen and oxygen atoms in total. The molecule has 7 amide bonds. The van der Waals surface area contributed by atoms with Crippen LogP contribution in [0.2, 0.25) is 0 Å². The number of benzene rings is 6. The summed E-state index contributed by atoms with van der Waals surface area (Å²) in [6, 6.07) is 27.3. The molecule has 0 fully saturated rings. The minimum absolute atomic E-state index is 0. The normalized spacial score (nSPS) is 13.1. The van der Waals surface area contributed by atoms with Crippen LogP contribution in [0.4, 0.5) is 73.1 Å². The number of fused-ring (bicyclic) bond motifs is 6. The first-order chi connectivity index (χ1) is 43.8. The number of thiophene rings is 3. The summed E-state index contributed by atoms with van der Waals surface area (Å²) in [6.45, 7) is 14.5. The van der Waals surface area contributed by atoms with Crippen molar-refractivity contribution in [1.29, 1.82) is 0 Å². The highest BCUT2D eigenvalue weighted by atomic mass is 35.5. The Hall–Kier alpha value is -8.90. The number of halogens is 8. The van der Waals surface area contributed by atoms with Gasteiger partial charge in [0.05, 0.1) is 22.4 Å². The Morgan fingerprint density at radius 1 is 0.511 bits per heavy atom. The molecule has 12 rings (SSSR count). The SMILES string of the molecule is CCN1CCc2c(sc(N)c2NC=O)C1.CCN1CCc2c(sc(NC(=O)Nc3ccc4cc(F)ccc4c3)c2C(N)=O)C1.CCN1CCc2c(sc(NC(=O)Nc3ccc4cc(F)ccc4c3)c2C(N)=O)C1.Cl.FF.FF.O=C(O)c1ccc2cc(F)ccc2c1. The number of likely N-dealkylation sites (N-methyl/N-ethyl adjacent to an activating group) is 3. The van der Waals surface area contributed by atoms with Gasteiger partial charge in [0.1, 0.15) is 32.5 Å². The van der Waals surface area contributed by atoms with Gasteiger partial charge in [-0.3, -0.25) is 39.7 Å². The summed E-state index contributed by atoms with van der Waals surface area (Å²) in [5.74, 6) is -2.97. The summed E-state index contributed by atoms with van der Waals surface area (Å²) in [6.07, 6.45) is 3.16. The topological polar surface area (TPSA) is 271 Å². The highest BCUT2D eigenvalue weighted by Crippen LogP contribution is 2.40. The maximum Gasteiger partial charge on any atom is 0.335 e. The molecule has 0 aliphatic carbocycles. The second kappa shape index (κ2) is 34.0. The van der Waals surface area contributed by atoms with Crippen LogP contribution in [0.1, 0.15) is 83.2 Å². The van der Waals surface area contributed by atoms with Crippen LogP contribution < -0.4 is 43.8 Å². The van der Waals surface area contributed by atoms with E-state index in [0.717, 1.165) is 137 Å². The fraction of sp³-hybridized carbons (Fsp3) is 0.238. The number of nitrogen functional groups attached to an aromatic ring is 1. The summed E-state index contributed by atoms with van der Waals surface area (Å²) in [7, 11) is 0. The van der Waals surface area contributed by atoms with E-state index in [9.17, 15) is 41.9 Å². The molecule has 0 radical (unpaired) electrons. The van der Waals surface area contributed by atoms with Crippen LogP contribution in [0.25, 0.3) is 32.3 Å². The van der Waals surface area contributed by atoms with E-state index < -0.39 is 29.8 Å². The minimum Gasteiger partial charge on any atom is -0.478 e. The summed E-state index contributed by atoms with van der Waals surface area (Å²) in [5, 5.41) is 28.7. The van der Waals surface area contributed by atoms with Crippen molar-refractivity contribution < 1.29 is 65.3 Å². The zero-order valence-corrected chi connectivity index (χ0v) is 53.0. The van der Waals surface area contributed by atoms with Crippen molar-refractivity contribution in [3.05, 3.63) is 175 Å². The van der Waals surface area contributed by atoms with E-state index in [1.54, 1.807) is 72.0 Å². The fourth-order valence-corrected chi connectivity index (χ4v) is 14.3. The van der Waals surface area contributed by atoms with Crippen molar-refractivity contribution in [2.75, 3.05) is 71.6 Å². The van der Waals surface area contributed by atoms with Crippen LogP contribution in [0, 0.1) is 17.5 Å². The van der Waals surface area contributed by atoms with Crippen molar-refractivity contribution in [3.8, 4) is 0 Å². The third-order valence-corrected chi connectivity index (χ3v) is 18.4. The maximum absolute atomic E-state index is 13.3. The molecule has 6 heterocycles. The second-order valence-electron chi connectivity index (χ2n) is 20.6. The lowest BCUT2D eigenvalue weighted by molar-refractivity contribution is -0.105. The molecule has 3 aliphatic rings. The molecule has 0 bridgehead atoms. The number of amides is 7. The van der Waals surface area contributed by atoms with E-state index in [0.29, 0.717) is 44.3 Å². The molecule has 6 aromatic carbocycles. The first-order valence-electron chi connectivity index (χ1n) is 28.2. The van der Waals surface area contributed by atoms with Crippen molar-refractivity contribution in [2.45, 2.75) is 59.7 Å². The van der Waals surface area contributed by atoms with Crippen molar-refractivity contribution in [3.63, 3.8) is 0 Å². The number of nitrogens with two attached hydrogens (primary N) is 3. The van der Waals surface area contributed by atoms with E-state index >= 15 is 0 Å². The highest BCUT2D eigenvalue weighted by Gasteiger charge is 2.29. The number of nitrogens with one attached hydrogen (secondary N) is 5. The summed E-state index contributed by atoms with van der Waals surface area (Å²) in [4.78, 5) is 80.6. The quantitative estimate of drug-likeness (QED) is 0.0410. The Morgan fingerprint density at radius 2 is 0.859 bits per heavy atom. The number of hydrogen-bond acceptors (Lipinski definition) is 13. The van der Waals surface area contributed by atoms with Gasteiger partial charge in [-0.1, -0.05) is 57.2 Å². The lowest BCUT2D eigenvalue weighted by atomic mass is 10.0. The maximum atomic E-state index is 13.3. The van der Waals surface area contributed by atoms with Gasteiger partial charge in [-0.25, -0.2) is 27.6 Å². The van der Waals surface area contributed by atoms with Gasteiger partial charge in [0, 0.05) is 83.6 Å². The minimum atomic E-state index is -0.976. The molecule has 0 unspecified atom stereocenters. The van der Waals surface area contributed by atoms with Crippen molar-refractivity contribution >= 4 is 147 Å². The van der Waals surface area contributed by atoms with Gasteiger partial charge in [0.25, 0.3) is 11.8 Å². The average Bonchev–Trinajstić information content (AvgIpc) is 1.64. The van der Waals surface area contributed by atoms with E-state index in [2.05, 4.69) is 62.1 Å². The highest BCUT2D eigenvalue weighted by molar-refractivity contribution is 7.17. The molecule has 0 saturated heterocycles. The first-order valence-corrected chi connectivity index (χ1v) is 30.7. The molecule has 0 spiro atoms. The largest absolute Gasteiger partial charge is 0.478 e. The third-order valence-electron chi connectivity index (χ3n) is 15.1. The average molecular weight is 1350 g/mol. The molecular weight excluding hydrogens is 1290 g/mol. The predicted octanol–water partition coefficient (Wildman–Crippen LogP) is 14.4. The van der Waals surface area contributed by atoms with Crippen LogP contribution in [-0.4, -0.2) is 95.3 Å². The van der Waals surface area contributed by atoms with Crippen molar-refractivity contribution in [2.24, 2.45) is 11.5 Å². The third kappa shape index (κ3) is 18.2. The molecule has 3 aromatic heterocycles. The number of aromatic carboxylic acids is 1. The van der Waals surface area contributed by atoms with Crippen LogP contribution >= 0.6 is 46.4 Å². The molecule has 0 atom stereocenters. The van der Waals surface area contributed by atoms with Crippen LogP contribution in [-0.2, 0) is 43.7 Å². The summed E-state index contributed by atoms with van der Waals surface area (Å²) in [5.41, 5.74) is 23.2. The molecule has 3 aliphatic heterocycles. The Morgan fingerprint density at radius 3 is 1.23 bits per heavy atom. The zero-order chi connectivity index (χ0) is 66.1. The van der Waals surface area contributed by atoms with Gasteiger partial charge in [-0.2, -0.15) is 0 Å². The number of primary amides is 2. The van der Waals surface area contributed by atoms with Gasteiger partial charge >= 0.3 is 18.0 Å². The first kappa shape index (κ1) is 72.2. The number of hydrogen-bond donors (Lipinski definition) is 9. The van der Waals surface area contributed by atoms with Crippen LogP contribution in [0.15, 0.2) is 109 Å². The van der Waals surface area contributed by atoms with E-state index in [1.165, 1.54) is 81.6 Å². The molecule has 488 valence electrons. The van der Waals surface area contributed by atoms with Gasteiger partial charge in [-0.05, 0) is 161 Å². The number of carbonyl (C=O) groups is 6. The van der Waals surface area contributed by atoms with Gasteiger partial charge in [-0.15, -0.1) is 46.4 Å². The smallest absolute Gasteiger partial charge is 0.335 e. The van der Waals surface area contributed by atoms with Gasteiger partial charge in [0.2, 0.25) is 6.41 Å². The molecule has 9 aromatic rings. The standard InChI is InChI=1S/2C21H21FN4O2S.C11H7FO2.C10H15N3OS.ClH.2F2/c2*1-2-26-8-7-16-17(11-26)29-20(18(16)19(23)27)25-21(28)24-15-6-4-12-9-14(22)5-3-13(12)10-15;12-10-4-3-7-5-9(11(13)14)2-1-8(7)6-10;1-2-13-4-3-7-8(5-13)15-10(11)9(7)12-6-14;;2*1-2/h2*3-6,9-10H,2,7-8,11H2,1H3,(H2,23,27)(H2,24,25,28);1-6H,(H,13,14);6H,2-5,11H2,1H3,(H,12,14);1H;;. The molecule has 92 heavy (non-hydrogen) atoms. The van der Waals surface area contributed by atoms with Gasteiger partial charge in [0.15, 0.2) is 0 Å². The second-order valence-corrected chi connectivity index (χ2v) is 23.9. The molecule has 0 saturated carbocycles. The Labute approximate surface area is 541 Å². The van der Waals surface area contributed by atoms with Crippen LogP contribution in [0.3, 0.4) is 0 Å². The number of anilines is 6.